The summed E-state index contributed by atoms with van der Waals surface area (Å²) in [6.45, 7) is 1.72. The third-order valence-corrected chi connectivity index (χ3v) is 6.01. The van der Waals surface area contributed by atoms with Gasteiger partial charge in [0.05, 0.1) is 11.4 Å². The van der Waals surface area contributed by atoms with Crippen LogP contribution in [0.5, 0.6) is 0 Å². The molecule has 0 aliphatic carbocycles. The largest absolute Gasteiger partial charge is 0.315 e. The van der Waals surface area contributed by atoms with Crippen molar-refractivity contribution in [1.82, 2.24) is 19.8 Å². The van der Waals surface area contributed by atoms with Gasteiger partial charge in [-0.3, -0.25) is 4.68 Å². The normalized spacial score (nSPS) is 18.9. The molecular formula is C16H22N4O2S. The van der Waals surface area contributed by atoms with Crippen LogP contribution in [-0.4, -0.2) is 36.5 Å². The molecule has 1 aliphatic rings. The van der Waals surface area contributed by atoms with Gasteiger partial charge in [0.1, 0.15) is 0 Å². The molecule has 2 N–H and O–H groups in total. The maximum atomic E-state index is 12.4. The molecule has 1 fully saturated rings. The number of aryl methyl sites for hydroxylation is 1. The van der Waals surface area contributed by atoms with Gasteiger partial charge in [-0.1, -0.05) is 24.3 Å². The number of benzene rings is 1. The lowest BCUT2D eigenvalue weighted by Gasteiger charge is -2.23. The van der Waals surface area contributed by atoms with E-state index >= 15 is 0 Å². The van der Waals surface area contributed by atoms with Crippen LogP contribution in [0.1, 0.15) is 18.4 Å². The number of rotatable bonds is 5. The maximum Gasteiger partial charge on any atom is 0.216 e. The first-order chi connectivity index (χ1) is 11.1. The third kappa shape index (κ3) is 3.80. The number of nitrogens with one attached hydrogen (secondary N) is 2. The van der Waals surface area contributed by atoms with Gasteiger partial charge in [-0.15, -0.1) is 0 Å². The number of hydrogen-bond donors (Lipinski definition) is 2. The molecule has 0 spiro atoms. The average molecular weight is 334 g/mol. The lowest BCUT2D eigenvalue weighted by molar-refractivity contribution is 0.490. The molecule has 1 atom stereocenters. The van der Waals surface area contributed by atoms with Crippen molar-refractivity contribution in [2.75, 3.05) is 13.1 Å². The molecule has 0 saturated carbocycles. The van der Waals surface area contributed by atoms with Gasteiger partial charge in [0.25, 0.3) is 0 Å². The van der Waals surface area contributed by atoms with Gasteiger partial charge in [0.15, 0.2) is 0 Å². The van der Waals surface area contributed by atoms with Crippen molar-refractivity contribution in [2.24, 2.45) is 7.05 Å². The highest BCUT2D eigenvalue weighted by molar-refractivity contribution is 7.90. The van der Waals surface area contributed by atoms with E-state index in [1.54, 1.807) is 10.9 Å². The summed E-state index contributed by atoms with van der Waals surface area (Å²) in [5.41, 5.74) is 2.94. The molecule has 1 saturated heterocycles. The van der Waals surface area contributed by atoms with Gasteiger partial charge >= 0.3 is 0 Å². The highest BCUT2D eigenvalue weighted by Crippen LogP contribution is 2.23. The van der Waals surface area contributed by atoms with Crippen LogP contribution in [0.15, 0.2) is 36.7 Å². The van der Waals surface area contributed by atoms with Crippen LogP contribution >= 0.6 is 0 Å². The second kappa shape index (κ2) is 6.82. The summed E-state index contributed by atoms with van der Waals surface area (Å²) in [5.74, 6) is 0. The van der Waals surface area contributed by atoms with Gasteiger partial charge < -0.3 is 5.32 Å². The molecule has 0 bridgehead atoms. The smallest absolute Gasteiger partial charge is 0.216 e. The van der Waals surface area contributed by atoms with Gasteiger partial charge in [-0.05, 0) is 30.5 Å². The van der Waals surface area contributed by atoms with Crippen LogP contribution in [0.25, 0.3) is 11.1 Å². The lowest BCUT2D eigenvalue weighted by Crippen LogP contribution is -2.44. The number of sulfonamides is 1. The fraction of sp³-hybridized carbons (Fsp3) is 0.438. The second-order valence-electron chi connectivity index (χ2n) is 5.89. The molecule has 1 aromatic carbocycles. The fourth-order valence-corrected chi connectivity index (χ4v) is 4.30. The molecule has 7 heteroatoms. The van der Waals surface area contributed by atoms with E-state index in [0.717, 1.165) is 29.7 Å². The maximum absolute atomic E-state index is 12.4. The van der Waals surface area contributed by atoms with E-state index in [9.17, 15) is 8.42 Å². The Kier molecular flexibility index (Phi) is 4.79. The highest BCUT2D eigenvalue weighted by Gasteiger charge is 2.26. The van der Waals surface area contributed by atoms with E-state index < -0.39 is 10.0 Å². The average Bonchev–Trinajstić information content (AvgIpc) is 3.00. The minimum Gasteiger partial charge on any atom is -0.315 e. The summed E-state index contributed by atoms with van der Waals surface area (Å²) < 4.78 is 29.4. The fourth-order valence-electron chi connectivity index (χ4n) is 2.90. The predicted molar refractivity (Wildman–Crippen MR) is 90.3 cm³/mol. The standard InChI is InChI=1S/C16H22N4O2S/c1-20-12-14(9-18-20)16-7-3-2-5-13(16)10-19-23(21,22)15-6-4-8-17-11-15/h2-3,5,7,9,12,15,17,19H,4,6,8,10-11H2,1H3. The minimum absolute atomic E-state index is 0.296. The zero-order chi connectivity index (χ0) is 16.3. The zero-order valence-corrected chi connectivity index (χ0v) is 14.0. The third-order valence-electron chi connectivity index (χ3n) is 4.19. The van der Waals surface area contributed by atoms with Crippen molar-refractivity contribution < 1.29 is 8.42 Å². The summed E-state index contributed by atoms with van der Waals surface area (Å²) in [4.78, 5) is 0. The van der Waals surface area contributed by atoms with E-state index in [1.165, 1.54) is 0 Å². The zero-order valence-electron chi connectivity index (χ0n) is 13.2. The summed E-state index contributed by atoms with van der Waals surface area (Å²) in [7, 11) is -1.44. The molecule has 3 rings (SSSR count). The SMILES string of the molecule is Cn1cc(-c2ccccc2CNS(=O)(=O)C2CCCNC2)cn1. The first-order valence-corrected chi connectivity index (χ1v) is 9.37. The molecule has 0 amide bonds. The van der Waals surface area contributed by atoms with Crippen molar-refractivity contribution >= 4 is 10.0 Å². The highest BCUT2D eigenvalue weighted by atomic mass is 32.2. The van der Waals surface area contributed by atoms with Crippen molar-refractivity contribution in [2.45, 2.75) is 24.6 Å². The molecule has 6 nitrogen and oxygen atoms in total. The molecule has 1 unspecified atom stereocenters. The first-order valence-electron chi connectivity index (χ1n) is 7.82. The van der Waals surface area contributed by atoms with Crippen LogP contribution in [0.2, 0.25) is 0 Å². The number of aromatic nitrogens is 2. The Labute approximate surface area is 137 Å². The number of hydrogen-bond acceptors (Lipinski definition) is 4. The molecule has 23 heavy (non-hydrogen) atoms. The first kappa shape index (κ1) is 16.2. The van der Waals surface area contributed by atoms with Gasteiger partial charge in [0, 0.05) is 31.9 Å². The Balaban J connectivity index is 1.76. The summed E-state index contributed by atoms with van der Waals surface area (Å²) in [6, 6.07) is 7.81. The quantitative estimate of drug-likeness (QED) is 0.863. The van der Waals surface area contributed by atoms with Crippen molar-refractivity contribution in [1.29, 1.82) is 0 Å². The van der Waals surface area contributed by atoms with Crippen molar-refractivity contribution in [3.63, 3.8) is 0 Å². The molecule has 2 aromatic rings. The summed E-state index contributed by atoms with van der Waals surface area (Å²) in [6.07, 6.45) is 5.33. The van der Waals surface area contributed by atoms with Crippen LogP contribution in [0.4, 0.5) is 0 Å². The Bertz CT molecular complexity index is 764. The Morgan fingerprint density at radius 2 is 2.22 bits per heavy atom. The van der Waals surface area contributed by atoms with E-state index in [4.69, 9.17) is 0 Å². The van der Waals surface area contributed by atoms with E-state index in [2.05, 4.69) is 15.1 Å². The predicted octanol–water partition coefficient (Wildman–Crippen LogP) is 1.26. The second-order valence-corrected chi connectivity index (χ2v) is 7.94. The van der Waals surface area contributed by atoms with Gasteiger partial charge in [-0.25, -0.2) is 13.1 Å². The van der Waals surface area contributed by atoms with Gasteiger partial charge in [-0.2, -0.15) is 5.10 Å². The molecule has 0 radical (unpaired) electrons. The van der Waals surface area contributed by atoms with Crippen LogP contribution in [0, 0.1) is 0 Å². The number of nitrogens with zero attached hydrogens (tertiary/aromatic N) is 2. The topological polar surface area (TPSA) is 76.0 Å². The molecule has 1 aliphatic heterocycles. The van der Waals surface area contributed by atoms with Crippen LogP contribution in [0.3, 0.4) is 0 Å². The van der Waals surface area contributed by atoms with Crippen LogP contribution in [-0.2, 0) is 23.6 Å². The van der Waals surface area contributed by atoms with Crippen molar-refractivity contribution in [3.05, 3.63) is 42.2 Å². The summed E-state index contributed by atoms with van der Waals surface area (Å²) >= 11 is 0. The van der Waals surface area contributed by atoms with Crippen LogP contribution < -0.4 is 10.0 Å². The molecule has 1 aromatic heterocycles. The Morgan fingerprint density at radius 1 is 1.39 bits per heavy atom. The van der Waals surface area contributed by atoms with Crippen molar-refractivity contribution in [3.8, 4) is 11.1 Å². The Morgan fingerprint density at radius 3 is 2.91 bits per heavy atom. The Hall–Kier alpha value is -1.70. The molecular weight excluding hydrogens is 312 g/mol. The monoisotopic (exact) mass is 334 g/mol. The number of piperidine rings is 1. The van der Waals surface area contributed by atoms with E-state index in [0.29, 0.717) is 19.5 Å². The van der Waals surface area contributed by atoms with Gasteiger partial charge in [0.2, 0.25) is 10.0 Å². The molecule has 2 heterocycles. The molecule has 124 valence electrons. The summed E-state index contributed by atoms with van der Waals surface area (Å²) in [5, 5.41) is 6.99. The van der Waals surface area contributed by atoms with E-state index in [-0.39, 0.29) is 5.25 Å². The minimum atomic E-state index is -3.31. The van der Waals surface area contributed by atoms with E-state index in [1.807, 2.05) is 37.5 Å². The lowest BCUT2D eigenvalue weighted by atomic mass is 10.0.